The summed E-state index contributed by atoms with van der Waals surface area (Å²) in [5.41, 5.74) is 0. The summed E-state index contributed by atoms with van der Waals surface area (Å²) in [5.74, 6) is 0.269. The SMILES string of the molecule is CC(=O)N[C@@H](C(=O)N1CCN(c2nccs2)CC1)C1CCCC1. The zero-order valence-electron chi connectivity index (χ0n) is 13.5. The number of nitrogens with one attached hydrogen (secondary N) is 1. The van der Waals surface area contributed by atoms with Crippen LogP contribution in [0.4, 0.5) is 5.13 Å². The smallest absolute Gasteiger partial charge is 0.245 e. The number of hydrogen-bond donors (Lipinski definition) is 1. The molecule has 2 fully saturated rings. The first kappa shape index (κ1) is 16.2. The molecule has 1 aromatic rings. The van der Waals surface area contributed by atoms with E-state index in [1.807, 2.05) is 16.5 Å². The fourth-order valence-corrected chi connectivity index (χ4v) is 4.27. The molecule has 1 aliphatic carbocycles. The van der Waals surface area contributed by atoms with Crippen molar-refractivity contribution in [2.45, 2.75) is 38.6 Å². The number of carbonyl (C=O) groups is 2. The van der Waals surface area contributed by atoms with Crippen LogP contribution in [-0.2, 0) is 9.59 Å². The lowest BCUT2D eigenvalue weighted by Crippen LogP contribution is -2.56. The van der Waals surface area contributed by atoms with Crippen molar-refractivity contribution in [3.63, 3.8) is 0 Å². The summed E-state index contributed by atoms with van der Waals surface area (Å²) in [6.45, 7) is 4.49. The number of carbonyl (C=O) groups excluding carboxylic acids is 2. The van der Waals surface area contributed by atoms with Crippen LogP contribution in [0.25, 0.3) is 0 Å². The minimum atomic E-state index is -0.346. The van der Waals surface area contributed by atoms with Gasteiger partial charge in [0, 0.05) is 44.7 Å². The summed E-state index contributed by atoms with van der Waals surface area (Å²) in [4.78, 5) is 32.9. The first-order valence-electron chi connectivity index (χ1n) is 8.35. The number of aromatic nitrogens is 1. The van der Waals surface area contributed by atoms with E-state index >= 15 is 0 Å². The molecule has 1 atom stereocenters. The Kier molecular flexibility index (Phi) is 5.15. The molecule has 2 aliphatic rings. The number of thiazole rings is 1. The van der Waals surface area contributed by atoms with E-state index in [1.54, 1.807) is 11.3 Å². The average Bonchev–Trinajstić information content (AvgIpc) is 3.25. The molecule has 1 saturated carbocycles. The van der Waals surface area contributed by atoms with Gasteiger partial charge in [0.1, 0.15) is 6.04 Å². The van der Waals surface area contributed by atoms with E-state index in [4.69, 9.17) is 0 Å². The number of hydrogen-bond acceptors (Lipinski definition) is 5. The van der Waals surface area contributed by atoms with Crippen molar-refractivity contribution >= 4 is 28.3 Å². The van der Waals surface area contributed by atoms with E-state index in [0.29, 0.717) is 19.0 Å². The predicted molar refractivity (Wildman–Crippen MR) is 90.5 cm³/mol. The molecule has 0 unspecified atom stereocenters. The van der Waals surface area contributed by atoms with Gasteiger partial charge in [-0.05, 0) is 18.8 Å². The van der Waals surface area contributed by atoms with Gasteiger partial charge in [-0.15, -0.1) is 11.3 Å². The van der Waals surface area contributed by atoms with Crippen molar-refractivity contribution in [3.8, 4) is 0 Å². The van der Waals surface area contributed by atoms with Crippen LogP contribution in [0.2, 0.25) is 0 Å². The van der Waals surface area contributed by atoms with Gasteiger partial charge in [-0.3, -0.25) is 9.59 Å². The molecule has 2 amide bonds. The molecule has 1 aliphatic heterocycles. The third-order valence-corrected chi connectivity index (χ3v) is 5.61. The highest BCUT2D eigenvalue weighted by atomic mass is 32.1. The minimum Gasteiger partial charge on any atom is -0.345 e. The van der Waals surface area contributed by atoms with E-state index in [9.17, 15) is 9.59 Å². The third kappa shape index (κ3) is 3.83. The van der Waals surface area contributed by atoms with E-state index < -0.39 is 0 Å². The van der Waals surface area contributed by atoms with Crippen LogP contribution in [0, 0.1) is 5.92 Å². The summed E-state index contributed by atoms with van der Waals surface area (Å²) in [6.07, 6.45) is 6.20. The Morgan fingerprint density at radius 2 is 1.96 bits per heavy atom. The molecule has 6 nitrogen and oxygen atoms in total. The summed E-state index contributed by atoms with van der Waals surface area (Å²) in [7, 11) is 0. The molecule has 23 heavy (non-hydrogen) atoms. The van der Waals surface area contributed by atoms with E-state index in [-0.39, 0.29) is 17.9 Å². The van der Waals surface area contributed by atoms with Gasteiger partial charge in [-0.25, -0.2) is 4.98 Å². The Balaban J connectivity index is 1.60. The largest absolute Gasteiger partial charge is 0.345 e. The fourth-order valence-electron chi connectivity index (χ4n) is 3.58. The third-order valence-electron chi connectivity index (χ3n) is 4.78. The first-order valence-corrected chi connectivity index (χ1v) is 9.23. The van der Waals surface area contributed by atoms with Crippen LogP contribution in [-0.4, -0.2) is 53.9 Å². The first-order chi connectivity index (χ1) is 11.1. The topological polar surface area (TPSA) is 65.5 Å². The molecule has 3 rings (SSSR count). The molecule has 0 spiro atoms. The van der Waals surface area contributed by atoms with E-state index in [0.717, 1.165) is 43.9 Å². The van der Waals surface area contributed by atoms with Crippen LogP contribution in [0.1, 0.15) is 32.6 Å². The highest BCUT2D eigenvalue weighted by molar-refractivity contribution is 7.13. The Morgan fingerprint density at radius 1 is 1.26 bits per heavy atom. The van der Waals surface area contributed by atoms with E-state index in [2.05, 4.69) is 15.2 Å². The highest BCUT2D eigenvalue weighted by Crippen LogP contribution is 2.29. The molecule has 1 saturated heterocycles. The van der Waals surface area contributed by atoms with E-state index in [1.165, 1.54) is 6.92 Å². The van der Waals surface area contributed by atoms with Crippen LogP contribution in [0.15, 0.2) is 11.6 Å². The van der Waals surface area contributed by atoms with Gasteiger partial charge in [0.25, 0.3) is 0 Å². The molecule has 2 heterocycles. The number of amides is 2. The quantitative estimate of drug-likeness (QED) is 0.905. The summed E-state index contributed by atoms with van der Waals surface area (Å²) in [5, 5.41) is 5.90. The molecule has 0 bridgehead atoms. The van der Waals surface area contributed by atoms with Crippen molar-refractivity contribution in [1.82, 2.24) is 15.2 Å². The number of anilines is 1. The van der Waals surface area contributed by atoms with Gasteiger partial charge in [0.05, 0.1) is 0 Å². The van der Waals surface area contributed by atoms with Crippen LogP contribution < -0.4 is 10.2 Å². The molecule has 1 aromatic heterocycles. The van der Waals surface area contributed by atoms with Crippen molar-refractivity contribution in [2.24, 2.45) is 5.92 Å². The lowest BCUT2D eigenvalue weighted by molar-refractivity contribution is -0.137. The molecule has 7 heteroatoms. The molecular weight excluding hydrogens is 312 g/mol. The second kappa shape index (κ2) is 7.29. The Hall–Kier alpha value is -1.63. The van der Waals surface area contributed by atoms with Crippen molar-refractivity contribution in [1.29, 1.82) is 0 Å². The normalized spacial score (nSPS) is 20.6. The lowest BCUT2D eigenvalue weighted by atomic mass is 9.96. The van der Waals surface area contributed by atoms with Gasteiger partial charge in [0.15, 0.2) is 5.13 Å². The predicted octanol–water partition coefficient (Wildman–Crippen LogP) is 1.49. The molecule has 1 N–H and O–H groups in total. The summed E-state index contributed by atoms with van der Waals surface area (Å²) in [6, 6.07) is -0.346. The molecule has 0 radical (unpaired) electrons. The fraction of sp³-hybridized carbons (Fsp3) is 0.688. The molecule has 0 aromatic carbocycles. The molecular formula is C16H24N4O2S. The zero-order chi connectivity index (χ0) is 16.2. The highest BCUT2D eigenvalue weighted by Gasteiger charge is 2.35. The Labute approximate surface area is 140 Å². The van der Waals surface area contributed by atoms with Crippen molar-refractivity contribution < 1.29 is 9.59 Å². The van der Waals surface area contributed by atoms with Gasteiger partial charge in [-0.2, -0.15) is 0 Å². The van der Waals surface area contributed by atoms with Gasteiger partial charge in [-0.1, -0.05) is 12.8 Å². The number of nitrogens with zero attached hydrogens (tertiary/aromatic N) is 3. The Bertz CT molecular complexity index is 534. The maximum absolute atomic E-state index is 12.9. The van der Waals surface area contributed by atoms with Crippen molar-refractivity contribution in [2.75, 3.05) is 31.1 Å². The Morgan fingerprint density at radius 3 is 2.52 bits per heavy atom. The van der Waals surface area contributed by atoms with Crippen molar-refractivity contribution in [3.05, 3.63) is 11.6 Å². The van der Waals surface area contributed by atoms with Gasteiger partial charge in [0.2, 0.25) is 11.8 Å². The molecule has 126 valence electrons. The standard InChI is InChI=1S/C16H24N4O2S/c1-12(21)18-14(13-4-2-3-5-13)15(22)19-7-9-20(10-8-19)16-17-6-11-23-16/h6,11,13-14H,2-5,7-10H2,1H3,(H,18,21)/t14-/m1/s1. The number of piperazine rings is 1. The zero-order valence-corrected chi connectivity index (χ0v) is 14.3. The summed E-state index contributed by atoms with van der Waals surface area (Å²) >= 11 is 1.63. The maximum Gasteiger partial charge on any atom is 0.245 e. The monoisotopic (exact) mass is 336 g/mol. The second-order valence-corrected chi connectivity index (χ2v) is 7.22. The minimum absolute atomic E-state index is 0.0888. The second-order valence-electron chi connectivity index (χ2n) is 6.35. The van der Waals surface area contributed by atoms with Gasteiger partial charge < -0.3 is 15.1 Å². The average molecular weight is 336 g/mol. The number of rotatable bonds is 4. The summed E-state index contributed by atoms with van der Waals surface area (Å²) < 4.78 is 0. The maximum atomic E-state index is 12.9. The van der Waals surface area contributed by atoms with Gasteiger partial charge >= 0.3 is 0 Å². The van der Waals surface area contributed by atoms with Crippen LogP contribution in [0.5, 0.6) is 0 Å². The van der Waals surface area contributed by atoms with Crippen LogP contribution in [0.3, 0.4) is 0 Å². The lowest BCUT2D eigenvalue weighted by Gasteiger charge is -2.37. The van der Waals surface area contributed by atoms with Crippen LogP contribution >= 0.6 is 11.3 Å².